The van der Waals surface area contributed by atoms with E-state index in [4.69, 9.17) is 5.73 Å². The van der Waals surface area contributed by atoms with Crippen LogP contribution in [0.2, 0.25) is 0 Å². The summed E-state index contributed by atoms with van der Waals surface area (Å²) in [7, 11) is 0. The van der Waals surface area contributed by atoms with E-state index < -0.39 is 5.91 Å². The number of rotatable bonds is 4. The quantitative estimate of drug-likeness (QED) is 0.757. The Morgan fingerprint density at radius 3 is 2.62 bits per heavy atom. The van der Waals surface area contributed by atoms with Gasteiger partial charge in [0.15, 0.2) is 0 Å². The Labute approximate surface area is 151 Å². The van der Waals surface area contributed by atoms with Crippen molar-refractivity contribution >= 4 is 28.4 Å². The van der Waals surface area contributed by atoms with Crippen LogP contribution >= 0.6 is 0 Å². The molecule has 130 valence electrons. The molecule has 2 amide bonds. The number of nitrogens with two attached hydrogens (primary N) is 1. The molecule has 1 saturated carbocycles. The minimum atomic E-state index is -0.440. The van der Waals surface area contributed by atoms with Crippen molar-refractivity contribution in [2.75, 3.05) is 5.32 Å². The first kappa shape index (κ1) is 16.3. The number of anilines is 1. The van der Waals surface area contributed by atoms with Crippen molar-refractivity contribution < 1.29 is 9.59 Å². The third kappa shape index (κ3) is 3.16. The summed E-state index contributed by atoms with van der Waals surface area (Å²) in [5.74, 6) is 0.335. The fourth-order valence-electron chi connectivity index (χ4n) is 3.04. The van der Waals surface area contributed by atoms with Crippen LogP contribution in [-0.2, 0) is 4.79 Å². The number of amides is 2. The average molecular weight is 345 g/mol. The third-order valence-electron chi connectivity index (χ3n) is 4.75. The maximum atomic E-state index is 11.9. The number of aryl methyl sites for hydroxylation is 1. The molecule has 5 heteroatoms. The van der Waals surface area contributed by atoms with E-state index in [0.717, 1.165) is 40.3 Å². The minimum absolute atomic E-state index is 0.0485. The van der Waals surface area contributed by atoms with Gasteiger partial charge in [0.2, 0.25) is 11.8 Å². The molecule has 2 aromatic carbocycles. The number of pyridine rings is 1. The number of hydrogen-bond acceptors (Lipinski definition) is 3. The highest BCUT2D eigenvalue weighted by Gasteiger charge is 2.29. The zero-order valence-corrected chi connectivity index (χ0v) is 14.5. The number of aromatic nitrogens is 1. The van der Waals surface area contributed by atoms with Gasteiger partial charge in [-0.05, 0) is 66.1 Å². The van der Waals surface area contributed by atoms with E-state index >= 15 is 0 Å². The van der Waals surface area contributed by atoms with Crippen LogP contribution in [0.3, 0.4) is 0 Å². The average Bonchev–Trinajstić information content (AvgIpc) is 3.46. The van der Waals surface area contributed by atoms with Crippen molar-refractivity contribution in [3.05, 3.63) is 59.8 Å². The Morgan fingerprint density at radius 2 is 1.88 bits per heavy atom. The lowest BCUT2D eigenvalue weighted by Gasteiger charge is -2.10. The summed E-state index contributed by atoms with van der Waals surface area (Å²) >= 11 is 0. The Hall–Kier alpha value is -3.21. The maximum Gasteiger partial charge on any atom is 0.248 e. The van der Waals surface area contributed by atoms with E-state index in [1.54, 1.807) is 12.3 Å². The zero-order valence-electron chi connectivity index (χ0n) is 14.5. The van der Waals surface area contributed by atoms with Gasteiger partial charge in [0.1, 0.15) is 5.82 Å². The maximum absolute atomic E-state index is 11.9. The molecule has 0 radical (unpaired) electrons. The fraction of sp³-hybridized carbons (Fsp3) is 0.190. The molecule has 3 N–H and O–H groups in total. The molecule has 1 fully saturated rings. The number of fused-ring (bicyclic) bond motifs is 1. The van der Waals surface area contributed by atoms with Crippen LogP contribution in [0.5, 0.6) is 0 Å². The number of nitrogens with one attached hydrogen (secondary N) is 1. The van der Waals surface area contributed by atoms with Gasteiger partial charge in [-0.25, -0.2) is 4.98 Å². The molecule has 0 saturated heterocycles. The predicted molar refractivity (Wildman–Crippen MR) is 102 cm³/mol. The van der Waals surface area contributed by atoms with Crippen LogP contribution < -0.4 is 11.1 Å². The van der Waals surface area contributed by atoms with Crippen LogP contribution in [0.1, 0.15) is 28.8 Å². The van der Waals surface area contributed by atoms with E-state index in [2.05, 4.69) is 10.3 Å². The van der Waals surface area contributed by atoms with Gasteiger partial charge < -0.3 is 11.1 Å². The molecule has 3 aromatic rings. The first-order valence-corrected chi connectivity index (χ1v) is 8.63. The van der Waals surface area contributed by atoms with E-state index in [-0.39, 0.29) is 11.8 Å². The predicted octanol–water partition coefficient (Wildman–Crippen LogP) is 3.66. The first-order chi connectivity index (χ1) is 12.5. The van der Waals surface area contributed by atoms with Crippen molar-refractivity contribution in [3.8, 4) is 11.1 Å². The fourth-order valence-corrected chi connectivity index (χ4v) is 3.04. The molecule has 1 aliphatic carbocycles. The van der Waals surface area contributed by atoms with E-state index in [9.17, 15) is 9.59 Å². The van der Waals surface area contributed by atoms with Crippen LogP contribution in [0.15, 0.2) is 48.7 Å². The molecular weight excluding hydrogens is 326 g/mol. The monoisotopic (exact) mass is 345 g/mol. The van der Waals surface area contributed by atoms with Gasteiger partial charge in [0.25, 0.3) is 0 Å². The molecule has 5 nitrogen and oxygen atoms in total. The molecule has 4 rings (SSSR count). The second-order valence-electron chi connectivity index (χ2n) is 6.79. The summed E-state index contributed by atoms with van der Waals surface area (Å²) in [5.41, 5.74) is 8.92. The summed E-state index contributed by atoms with van der Waals surface area (Å²) in [6, 6.07) is 13.4. The SMILES string of the molecule is Cc1ccc(C(N)=O)cc1-c1ccc2cc(NC(=O)C3CC3)ncc2c1. The second-order valence-corrected chi connectivity index (χ2v) is 6.79. The van der Waals surface area contributed by atoms with Gasteiger partial charge in [0, 0.05) is 23.1 Å². The number of carbonyl (C=O) groups excluding carboxylic acids is 2. The van der Waals surface area contributed by atoms with Crippen molar-refractivity contribution in [3.63, 3.8) is 0 Å². The Bertz CT molecular complexity index is 1040. The first-order valence-electron chi connectivity index (χ1n) is 8.63. The zero-order chi connectivity index (χ0) is 18.3. The molecule has 0 unspecified atom stereocenters. The highest BCUT2D eigenvalue weighted by atomic mass is 16.2. The molecule has 1 aromatic heterocycles. The van der Waals surface area contributed by atoms with Crippen LogP contribution in [-0.4, -0.2) is 16.8 Å². The summed E-state index contributed by atoms with van der Waals surface area (Å²) in [4.78, 5) is 27.7. The second kappa shape index (κ2) is 6.26. The van der Waals surface area contributed by atoms with Gasteiger partial charge >= 0.3 is 0 Å². The number of primary amides is 1. The Balaban J connectivity index is 1.68. The molecule has 26 heavy (non-hydrogen) atoms. The summed E-state index contributed by atoms with van der Waals surface area (Å²) in [5, 5.41) is 4.84. The molecule has 0 atom stereocenters. The lowest BCUT2D eigenvalue weighted by Crippen LogP contribution is -2.14. The summed E-state index contributed by atoms with van der Waals surface area (Å²) < 4.78 is 0. The highest BCUT2D eigenvalue weighted by molar-refractivity contribution is 5.97. The molecule has 0 spiro atoms. The lowest BCUT2D eigenvalue weighted by molar-refractivity contribution is -0.117. The third-order valence-corrected chi connectivity index (χ3v) is 4.75. The van der Waals surface area contributed by atoms with E-state index in [1.807, 2.05) is 43.3 Å². The Morgan fingerprint density at radius 1 is 1.08 bits per heavy atom. The lowest BCUT2D eigenvalue weighted by atomic mass is 9.96. The van der Waals surface area contributed by atoms with Crippen molar-refractivity contribution in [2.24, 2.45) is 11.7 Å². The van der Waals surface area contributed by atoms with Crippen molar-refractivity contribution in [1.82, 2.24) is 4.98 Å². The molecule has 1 heterocycles. The molecule has 1 aliphatic rings. The van der Waals surface area contributed by atoms with Crippen LogP contribution in [0.4, 0.5) is 5.82 Å². The van der Waals surface area contributed by atoms with Crippen molar-refractivity contribution in [1.29, 1.82) is 0 Å². The van der Waals surface area contributed by atoms with Gasteiger partial charge in [-0.1, -0.05) is 18.2 Å². The standard InChI is InChI=1S/C21H19N3O2/c1-12-2-3-16(20(22)25)9-18(12)15-7-6-14-10-19(23-11-17(14)8-15)24-21(26)13-4-5-13/h2-3,6-11,13H,4-5H2,1H3,(H2,22,25)(H,23,24,26). The van der Waals surface area contributed by atoms with E-state index in [1.165, 1.54) is 0 Å². The minimum Gasteiger partial charge on any atom is -0.366 e. The Kier molecular flexibility index (Phi) is 3.92. The summed E-state index contributed by atoms with van der Waals surface area (Å²) in [6.07, 6.45) is 3.69. The van der Waals surface area contributed by atoms with Gasteiger partial charge in [-0.15, -0.1) is 0 Å². The van der Waals surface area contributed by atoms with Crippen molar-refractivity contribution in [2.45, 2.75) is 19.8 Å². The summed E-state index contributed by atoms with van der Waals surface area (Å²) in [6.45, 7) is 2.00. The molecular formula is C21H19N3O2. The van der Waals surface area contributed by atoms with Crippen LogP contribution in [0.25, 0.3) is 21.9 Å². The number of nitrogens with zero attached hydrogens (tertiary/aromatic N) is 1. The molecule has 0 bridgehead atoms. The normalized spacial score (nSPS) is 13.6. The highest BCUT2D eigenvalue weighted by Crippen LogP contribution is 2.31. The van der Waals surface area contributed by atoms with E-state index in [0.29, 0.717) is 11.4 Å². The topological polar surface area (TPSA) is 85.1 Å². The number of hydrogen-bond donors (Lipinski definition) is 2. The van der Waals surface area contributed by atoms with Gasteiger partial charge in [-0.3, -0.25) is 9.59 Å². The largest absolute Gasteiger partial charge is 0.366 e. The number of benzene rings is 2. The smallest absolute Gasteiger partial charge is 0.248 e. The van der Waals surface area contributed by atoms with Gasteiger partial charge in [0.05, 0.1) is 0 Å². The van der Waals surface area contributed by atoms with Crippen LogP contribution in [0, 0.1) is 12.8 Å². The number of carbonyl (C=O) groups is 2. The molecule has 0 aliphatic heterocycles. The van der Waals surface area contributed by atoms with Gasteiger partial charge in [-0.2, -0.15) is 0 Å².